The number of amides is 3. The number of anilines is 1. The fourth-order valence-electron chi connectivity index (χ4n) is 2.67. The quantitative estimate of drug-likeness (QED) is 0.613. The van der Waals surface area contributed by atoms with Crippen LogP contribution in [0, 0.1) is 6.92 Å². The van der Waals surface area contributed by atoms with E-state index in [0.29, 0.717) is 11.3 Å². The van der Waals surface area contributed by atoms with Crippen molar-refractivity contribution in [1.29, 1.82) is 0 Å². The first-order valence-electron chi connectivity index (χ1n) is 8.56. The third-order valence-electron chi connectivity index (χ3n) is 4.19. The summed E-state index contributed by atoms with van der Waals surface area (Å²) in [6.45, 7) is 1.80. The van der Waals surface area contributed by atoms with Crippen LogP contribution in [-0.4, -0.2) is 17.7 Å². The maximum atomic E-state index is 12.7. The Labute approximate surface area is 161 Å². The highest BCUT2D eigenvalue weighted by atomic mass is 16.3. The molecule has 3 amide bonds. The van der Waals surface area contributed by atoms with Crippen LogP contribution in [0.4, 0.5) is 5.69 Å². The number of furan rings is 1. The lowest BCUT2D eigenvalue weighted by atomic mass is 10.0. The minimum Gasteiger partial charge on any atom is -0.459 e. The molecular weight excluding hydrogens is 358 g/mol. The molecule has 7 heteroatoms. The van der Waals surface area contributed by atoms with Crippen LogP contribution in [0.3, 0.4) is 0 Å². The zero-order valence-corrected chi connectivity index (χ0v) is 15.1. The Morgan fingerprint density at radius 2 is 1.71 bits per heavy atom. The molecule has 0 saturated carbocycles. The Kier molecular flexibility index (Phi) is 5.55. The van der Waals surface area contributed by atoms with Gasteiger partial charge in [-0.3, -0.25) is 14.4 Å². The molecule has 3 aromatic rings. The van der Waals surface area contributed by atoms with Gasteiger partial charge in [0.25, 0.3) is 11.8 Å². The van der Waals surface area contributed by atoms with Crippen LogP contribution in [0.1, 0.15) is 38.1 Å². The highest BCUT2D eigenvalue weighted by molar-refractivity contribution is 6.04. The first-order valence-corrected chi connectivity index (χ1v) is 8.56. The second-order valence-electron chi connectivity index (χ2n) is 6.18. The fourth-order valence-corrected chi connectivity index (χ4v) is 2.67. The Bertz CT molecular complexity index is 998. The van der Waals surface area contributed by atoms with Gasteiger partial charge in [-0.2, -0.15) is 0 Å². The molecule has 142 valence electrons. The first kappa shape index (κ1) is 18.9. The summed E-state index contributed by atoms with van der Waals surface area (Å²) in [4.78, 5) is 36.7. The average Bonchev–Trinajstić information content (AvgIpc) is 3.23. The van der Waals surface area contributed by atoms with E-state index >= 15 is 0 Å². The lowest BCUT2D eigenvalue weighted by Crippen LogP contribution is -2.37. The summed E-state index contributed by atoms with van der Waals surface area (Å²) < 4.78 is 5.07. The van der Waals surface area contributed by atoms with Crippen LogP contribution >= 0.6 is 0 Å². The molecule has 0 aliphatic heterocycles. The van der Waals surface area contributed by atoms with E-state index in [0.717, 1.165) is 5.56 Å². The molecule has 7 nitrogen and oxygen atoms in total. The molecular formula is C21H19N3O4. The number of primary amides is 1. The predicted octanol–water partition coefficient (Wildman–Crippen LogP) is 2.80. The molecule has 1 aromatic heterocycles. The van der Waals surface area contributed by atoms with Gasteiger partial charge in [-0.15, -0.1) is 0 Å². The van der Waals surface area contributed by atoms with Crippen LogP contribution < -0.4 is 16.4 Å². The first-order chi connectivity index (χ1) is 13.5. The number of hydrogen-bond donors (Lipinski definition) is 3. The summed E-state index contributed by atoms with van der Waals surface area (Å²) in [5.74, 6) is -1.42. The monoisotopic (exact) mass is 377 g/mol. The Balaban J connectivity index is 1.80. The van der Waals surface area contributed by atoms with Gasteiger partial charge < -0.3 is 20.8 Å². The van der Waals surface area contributed by atoms with E-state index in [-0.39, 0.29) is 11.3 Å². The third kappa shape index (κ3) is 4.27. The maximum absolute atomic E-state index is 12.7. The SMILES string of the molecule is Cc1ccc(C(=O)NC(C(N)=O)c2ccccc2)cc1NC(=O)c1ccco1. The minimum atomic E-state index is -0.962. The minimum absolute atomic E-state index is 0.159. The number of rotatable bonds is 6. The molecule has 0 saturated heterocycles. The Morgan fingerprint density at radius 1 is 0.964 bits per heavy atom. The molecule has 2 aromatic carbocycles. The molecule has 3 rings (SSSR count). The lowest BCUT2D eigenvalue weighted by molar-refractivity contribution is -0.120. The lowest BCUT2D eigenvalue weighted by Gasteiger charge is -2.16. The average molecular weight is 377 g/mol. The largest absolute Gasteiger partial charge is 0.459 e. The third-order valence-corrected chi connectivity index (χ3v) is 4.19. The van der Waals surface area contributed by atoms with E-state index < -0.39 is 23.8 Å². The van der Waals surface area contributed by atoms with Gasteiger partial charge >= 0.3 is 0 Å². The van der Waals surface area contributed by atoms with Gasteiger partial charge in [0.2, 0.25) is 5.91 Å². The van der Waals surface area contributed by atoms with E-state index in [1.165, 1.54) is 12.3 Å². The van der Waals surface area contributed by atoms with Crippen molar-refractivity contribution in [3.05, 3.63) is 89.4 Å². The summed E-state index contributed by atoms with van der Waals surface area (Å²) in [5.41, 5.74) is 7.55. The van der Waals surface area contributed by atoms with Crippen molar-refractivity contribution < 1.29 is 18.8 Å². The second-order valence-corrected chi connectivity index (χ2v) is 6.18. The highest BCUT2D eigenvalue weighted by Crippen LogP contribution is 2.20. The molecule has 0 bridgehead atoms. The summed E-state index contributed by atoms with van der Waals surface area (Å²) in [5, 5.41) is 5.34. The zero-order valence-electron chi connectivity index (χ0n) is 15.1. The van der Waals surface area contributed by atoms with Crippen molar-refractivity contribution in [2.45, 2.75) is 13.0 Å². The van der Waals surface area contributed by atoms with Crippen molar-refractivity contribution in [1.82, 2.24) is 5.32 Å². The second kappa shape index (κ2) is 8.22. The Morgan fingerprint density at radius 3 is 2.36 bits per heavy atom. The molecule has 28 heavy (non-hydrogen) atoms. The van der Waals surface area contributed by atoms with E-state index in [4.69, 9.17) is 10.2 Å². The van der Waals surface area contributed by atoms with Crippen LogP contribution in [0.25, 0.3) is 0 Å². The van der Waals surface area contributed by atoms with Crippen molar-refractivity contribution in [3.8, 4) is 0 Å². The summed E-state index contributed by atoms with van der Waals surface area (Å²) >= 11 is 0. The van der Waals surface area contributed by atoms with Gasteiger partial charge in [0.15, 0.2) is 5.76 Å². The number of nitrogens with one attached hydrogen (secondary N) is 2. The van der Waals surface area contributed by atoms with Gasteiger partial charge in [-0.25, -0.2) is 0 Å². The smallest absolute Gasteiger partial charge is 0.291 e. The standard InChI is InChI=1S/C21H19N3O4/c1-13-9-10-15(12-16(13)23-21(27)17-8-5-11-28-17)20(26)24-18(19(22)25)14-6-3-2-4-7-14/h2-12,18H,1H3,(H2,22,25)(H,23,27)(H,24,26). The molecule has 1 unspecified atom stereocenters. The molecule has 0 radical (unpaired) electrons. The summed E-state index contributed by atoms with van der Waals surface area (Å²) in [7, 11) is 0. The van der Waals surface area contributed by atoms with Gasteiger partial charge in [-0.05, 0) is 42.3 Å². The molecule has 4 N–H and O–H groups in total. The zero-order chi connectivity index (χ0) is 20.1. The van der Waals surface area contributed by atoms with Crippen LogP contribution in [-0.2, 0) is 4.79 Å². The summed E-state index contributed by atoms with van der Waals surface area (Å²) in [6, 6.07) is 15.8. The van der Waals surface area contributed by atoms with Crippen LogP contribution in [0.5, 0.6) is 0 Å². The number of benzene rings is 2. The van der Waals surface area contributed by atoms with Crippen molar-refractivity contribution >= 4 is 23.4 Å². The van der Waals surface area contributed by atoms with Gasteiger partial charge in [0.1, 0.15) is 6.04 Å². The van der Waals surface area contributed by atoms with Crippen LogP contribution in [0.15, 0.2) is 71.3 Å². The van der Waals surface area contributed by atoms with Gasteiger partial charge in [0.05, 0.1) is 6.26 Å². The van der Waals surface area contributed by atoms with E-state index in [1.54, 1.807) is 61.5 Å². The molecule has 0 fully saturated rings. The number of carbonyl (C=O) groups is 3. The van der Waals surface area contributed by atoms with Gasteiger partial charge in [0, 0.05) is 11.3 Å². The predicted molar refractivity (Wildman–Crippen MR) is 104 cm³/mol. The molecule has 0 spiro atoms. The topological polar surface area (TPSA) is 114 Å². The normalized spacial score (nSPS) is 11.5. The highest BCUT2D eigenvalue weighted by Gasteiger charge is 2.21. The maximum Gasteiger partial charge on any atom is 0.291 e. The summed E-state index contributed by atoms with van der Waals surface area (Å²) in [6.07, 6.45) is 1.40. The fraction of sp³-hybridized carbons (Fsp3) is 0.0952. The molecule has 1 atom stereocenters. The number of hydrogen-bond acceptors (Lipinski definition) is 4. The Hall–Kier alpha value is -3.87. The van der Waals surface area contributed by atoms with Crippen LogP contribution in [0.2, 0.25) is 0 Å². The molecule has 1 heterocycles. The van der Waals surface area contributed by atoms with E-state index in [9.17, 15) is 14.4 Å². The van der Waals surface area contributed by atoms with Crippen molar-refractivity contribution in [2.24, 2.45) is 5.73 Å². The number of nitrogens with two attached hydrogens (primary N) is 1. The van der Waals surface area contributed by atoms with Crippen molar-refractivity contribution in [3.63, 3.8) is 0 Å². The van der Waals surface area contributed by atoms with Crippen molar-refractivity contribution in [2.75, 3.05) is 5.32 Å². The number of aryl methyl sites for hydroxylation is 1. The molecule has 0 aliphatic rings. The molecule has 0 aliphatic carbocycles. The van der Waals surface area contributed by atoms with E-state index in [2.05, 4.69) is 10.6 Å². The van der Waals surface area contributed by atoms with Gasteiger partial charge in [-0.1, -0.05) is 36.4 Å². The van der Waals surface area contributed by atoms with E-state index in [1.807, 2.05) is 0 Å². The number of carbonyl (C=O) groups excluding carboxylic acids is 3.